The third-order valence-corrected chi connectivity index (χ3v) is 3.26. The molecule has 2 nitrogen and oxygen atoms in total. The van der Waals surface area contributed by atoms with Crippen molar-refractivity contribution in [3.63, 3.8) is 0 Å². The van der Waals surface area contributed by atoms with Gasteiger partial charge in [0.1, 0.15) is 0 Å². The van der Waals surface area contributed by atoms with E-state index in [9.17, 15) is 0 Å². The van der Waals surface area contributed by atoms with Gasteiger partial charge in [-0.1, -0.05) is 27.2 Å². The summed E-state index contributed by atoms with van der Waals surface area (Å²) in [7, 11) is 0. The summed E-state index contributed by atoms with van der Waals surface area (Å²) < 4.78 is 11.3. The van der Waals surface area contributed by atoms with Crippen LogP contribution >= 0.6 is 0 Å². The van der Waals surface area contributed by atoms with Crippen LogP contribution in [0.5, 0.6) is 0 Å². The van der Waals surface area contributed by atoms with Crippen LogP contribution in [0.25, 0.3) is 0 Å². The molecular formula is C12H24O2. The molecule has 2 aliphatic rings. The van der Waals surface area contributed by atoms with Crippen LogP contribution in [0.2, 0.25) is 0 Å². The molecule has 2 heteroatoms. The minimum Gasteiger partial charge on any atom is -0.348 e. The minimum atomic E-state index is -0.147. The van der Waals surface area contributed by atoms with Gasteiger partial charge in [-0.15, -0.1) is 0 Å². The summed E-state index contributed by atoms with van der Waals surface area (Å²) in [6.45, 7) is 7.88. The van der Waals surface area contributed by atoms with Crippen LogP contribution in [0.1, 0.15) is 52.9 Å². The molecule has 0 aromatic rings. The molecule has 0 aromatic carbocycles. The summed E-state index contributed by atoms with van der Waals surface area (Å²) in [5.74, 6) is 0.773. The second-order valence-electron chi connectivity index (χ2n) is 3.96. The number of ether oxygens (including phenoxy) is 2. The van der Waals surface area contributed by atoms with Crippen molar-refractivity contribution in [2.45, 2.75) is 58.7 Å². The molecule has 0 N–H and O–H groups in total. The highest BCUT2D eigenvalue weighted by Gasteiger charge is 2.39. The summed E-state index contributed by atoms with van der Waals surface area (Å²) in [4.78, 5) is 0. The van der Waals surface area contributed by atoms with Crippen LogP contribution in [0.3, 0.4) is 0 Å². The van der Waals surface area contributed by atoms with Crippen molar-refractivity contribution in [3.05, 3.63) is 0 Å². The summed E-state index contributed by atoms with van der Waals surface area (Å²) in [6.07, 6.45) is 6.13. The third-order valence-electron chi connectivity index (χ3n) is 3.26. The van der Waals surface area contributed by atoms with Gasteiger partial charge in [0.05, 0.1) is 13.2 Å². The lowest BCUT2D eigenvalue weighted by atomic mass is 9.84. The second kappa shape index (κ2) is 5.72. The molecule has 84 valence electrons. The minimum absolute atomic E-state index is 0.147. The Morgan fingerprint density at radius 3 is 2.00 bits per heavy atom. The van der Waals surface area contributed by atoms with Gasteiger partial charge in [0.15, 0.2) is 5.79 Å². The zero-order valence-electron chi connectivity index (χ0n) is 9.84. The smallest absolute Gasteiger partial charge is 0.168 e. The van der Waals surface area contributed by atoms with E-state index in [0.717, 1.165) is 32.0 Å². The number of hydrogen-bond donors (Lipinski definition) is 0. The monoisotopic (exact) mass is 200 g/mol. The Morgan fingerprint density at radius 2 is 1.57 bits per heavy atom. The van der Waals surface area contributed by atoms with Crippen molar-refractivity contribution in [1.29, 1.82) is 0 Å². The van der Waals surface area contributed by atoms with E-state index < -0.39 is 0 Å². The Morgan fingerprint density at radius 1 is 1.07 bits per heavy atom. The van der Waals surface area contributed by atoms with E-state index in [1.54, 1.807) is 0 Å². The predicted molar refractivity (Wildman–Crippen MR) is 58.2 cm³/mol. The van der Waals surface area contributed by atoms with Gasteiger partial charge in [0, 0.05) is 12.8 Å². The lowest BCUT2D eigenvalue weighted by Crippen LogP contribution is -2.34. The lowest BCUT2D eigenvalue weighted by Gasteiger charge is -2.34. The Hall–Kier alpha value is -0.0800. The first-order valence-corrected chi connectivity index (χ1v) is 6.12. The molecular weight excluding hydrogens is 176 g/mol. The van der Waals surface area contributed by atoms with Crippen molar-refractivity contribution in [2.75, 3.05) is 13.2 Å². The highest BCUT2D eigenvalue weighted by molar-refractivity contribution is 4.81. The zero-order valence-corrected chi connectivity index (χ0v) is 9.84. The average molecular weight is 200 g/mol. The molecule has 1 aliphatic carbocycles. The molecule has 0 bridgehead atoms. The van der Waals surface area contributed by atoms with Crippen molar-refractivity contribution in [2.24, 2.45) is 5.92 Å². The van der Waals surface area contributed by atoms with Crippen LogP contribution in [-0.4, -0.2) is 19.0 Å². The molecule has 1 saturated carbocycles. The van der Waals surface area contributed by atoms with Gasteiger partial charge in [-0.25, -0.2) is 0 Å². The third kappa shape index (κ3) is 2.71. The average Bonchev–Trinajstić information content (AvgIpc) is 2.71. The summed E-state index contributed by atoms with van der Waals surface area (Å²) in [6, 6.07) is 0. The van der Waals surface area contributed by atoms with Crippen molar-refractivity contribution in [3.8, 4) is 0 Å². The Bertz CT molecular complexity index is 140. The first-order chi connectivity index (χ1) is 6.85. The number of hydrogen-bond acceptors (Lipinski definition) is 2. The molecule has 1 spiro atoms. The van der Waals surface area contributed by atoms with Crippen LogP contribution in [0, 0.1) is 5.92 Å². The molecule has 1 aliphatic heterocycles. The number of rotatable bonds is 1. The summed E-state index contributed by atoms with van der Waals surface area (Å²) >= 11 is 0. The van der Waals surface area contributed by atoms with Crippen LogP contribution in [0.15, 0.2) is 0 Å². The Kier molecular flexibility index (Phi) is 4.90. The fraction of sp³-hybridized carbons (Fsp3) is 1.00. The molecule has 0 unspecified atom stereocenters. The first kappa shape index (κ1) is 12.0. The fourth-order valence-electron chi connectivity index (χ4n) is 2.31. The van der Waals surface area contributed by atoms with Gasteiger partial charge in [0.2, 0.25) is 0 Å². The maximum absolute atomic E-state index is 5.65. The maximum atomic E-state index is 5.65. The topological polar surface area (TPSA) is 18.5 Å². The molecule has 2 rings (SSSR count). The van der Waals surface area contributed by atoms with E-state index in [2.05, 4.69) is 6.92 Å². The molecule has 14 heavy (non-hydrogen) atoms. The molecule has 0 atom stereocenters. The zero-order chi connectivity index (χ0) is 10.4. The Balaban J connectivity index is 0.000000461. The van der Waals surface area contributed by atoms with Gasteiger partial charge >= 0.3 is 0 Å². The van der Waals surface area contributed by atoms with E-state index in [0.29, 0.717) is 0 Å². The van der Waals surface area contributed by atoms with Gasteiger partial charge in [-0.2, -0.15) is 0 Å². The van der Waals surface area contributed by atoms with Gasteiger partial charge < -0.3 is 9.47 Å². The fourth-order valence-corrected chi connectivity index (χ4v) is 2.31. The maximum Gasteiger partial charge on any atom is 0.168 e. The first-order valence-electron chi connectivity index (χ1n) is 6.12. The molecule has 0 aromatic heterocycles. The van der Waals surface area contributed by atoms with Gasteiger partial charge in [0.25, 0.3) is 0 Å². The second-order valence-corrected chi connectivity index (χ2v) is 3.96. The van der Waals surface area contributed by atoms with E-state index >= 15 is 0 Å². The van der Waals surface area contributed by atoms with E-state index in [4.69, 9.17) is 9.47 Å². The normalized spacial score (nSPS) is 25.9. The van der Waals surface area contributed by atoms with Crippen LogP contribution < -0.4 is 0 Å². The summed E-state index contributed by atoms with van der Waals surface area (Å²) in [5, 5.41) is 0. The standard InChI is InChI=1S/C10H18O2.C2H6/c1-2-9-3-5-10(6-4-9)11-7-8-12-10;1-2/h9H,2-8H2,1H3;1-2H3. The lowest BCUT2D eigenvalue weighted by molar-refractivity contribution is -0.182. The van der Waals surface area contributed by atoms with Gasteiger partial charge in [-0.05, 0) is 18.8 Å². The molecule has 0 amide bonds. The Labute approximate surface area is 88.0 Å². The van der Waals surface area contributed by atoms with Crippen LogP contribution in [-0.2, 0) is 9.47 Å². The SMILES string of the molecule is CC.CCC1CCC2(CC1)OCCO2. The quantitative estimate of drug-likeness (QED) is 0.646. The van der Waals surface area contributed by atoms with E-state index in [1.165, 1.54) is 19.3 Å². The molecule has 2 fully saturated rings. The summed E-state index contributed by atoms with van der Waals surface area (Å²) in [5.41, 5.74) is 0. The predicted octanol–water partition coefficient (Wildman–Crippen LogP) is 3.36. The van der Waals surface area contributed by atoms with E-state index in [-0.39, 0.29) is 5.79 Å². The van der Waals surface area contributed by atoms with Crippen molar-refractivity contribution in [1.82, 2.24) is 0 Å². The highest BCUT2D eigenvalue weighted by atomic mass is 16.7. The van der Waals surface area contributed by atoms with Crippen molar-refractivity contribution >= 4 is 0 Å². The highest BCUT2D eigenvalue weighted by Crippen LogP contribution is 2.38. The van der Waals surface area contributed by atoms with Crippen molar-refractivity contribution < 1.29 is 9.47 Å². The molecule has 1 saturated heterocycles. The van der Waals surface area contributed by atoms with E-state index in [1.807, 2.05) is 13.8 Å². The van der Waals surface area contributed by atoms with Gasteiger partial charge in [-0.3, -0.25) is 0 Å². The largest absolute Gasteiger partial charge is 0.348 e. The van der Waals surface area contributed by atoms with Crippen LogP contribution in [0.4, 0.5) is 0 Å². The molecule has 1 heterocycles. The molecule has 0 radical (unpaired) electrons.